The molecule has 0 aromatic heterocycles. The van der Waals surface area contributed by atoms with Crippen LogP contribution in [0.1, 0.15) is 26.7 Å². The molecule has 0 saturated carbocycles. The first-order valence-corrected chi connectivity index (χ1v) is 5.04. The molecular formula is C10H14Li2O8. The molecule has 10 heteroatoms. The molecule has 0 rings (SSSR count). The second kappa shape index (κ2) is 18.1. The van der Waals surface area contributed by atoms with Gasteiger partial charge in [-0.05, 0) is 13.8 Å². The Hall–Kier alpha value is -0.925. The Morgan fingerprint density at radius 1 is 0.750 bits per heavy atom. The largest absolute Gasteiger partial charge is 1.00 e. The molecule has 0 aromatic carbocycles. The van der Waals surface area contributed by atoms with Crippen molar-refractivity contribution in [2.24, 2.45) is 0 Å². The van der Waals surface area contributed by atoms with Crippen LogP contribution in [0.3, 0.4) is 0 Å². The Bertz CT molecular complexity index is 276. The van der Waals surface area contributed by atoms with Gasteiger partial charge in [0.05, 0.1) is 38.0 Å². The molecule has 0 heterocycles. The number of rotatable bonds is 6. The minimum absolute atomic E-state index is 0. The number of esters is 2. The van der Waals surface area contributed by atoms with Crippen LogP contribution < -0.4 is 47.9 Å². The smallest absolute Gasteiger partial charge is 0.550 e. The number of ether oxygens (including phenoxy) is 2. The van der Waals surface area contributed by atoms with Gasteiger partial charge in [-0.3, -0.25) is 9.59 Å². The van der Waals surface area contributed by atoms with E-state index in [-0.39, 0.29) is 50.9 Å². The number of hydrogen-bond acceptors (Lipinski definition) is 8. The number of carboxylic acid groups (broad SMARTS) is 2. The molecule has 0 unspecified atom stereocenters. The van der Waals surface area contributed by atoms with E-state index in [1.54, 1.807) is 13.8 Å². The van der Waals surface area contributed by atoms with Gasteiger partial charge >= 0.3 is 49.7 Å². The molecule has 0 atom stereocenters. The molecule has 0 bridgehead atoms. The zero-order valence-corrected chi connectivity index (χ0v) is 12.1. The fraction of sp³-hybridized carbons (Fsp3) is 0.600. The topological polar surface area (TPSA) is 133 Å². The molecule has 104 valence electrons. The predicted molar refractivity (Wildman–Crippen MR) is 52.5 cm³/mol. The maximum Gasteiger partial charge on any atom is 1.00 e. The van der Waals surface area contributed by atoms with Gasteiger partial charge in [0.15, 0.2) is 0 Å². The summed E-state index contributed by atoms with van der Waals surface area (Å²) in [7, 11) is 0. The van der Waals surface area contributed by atoms with Crippen molar-refractivity contribution in [2.75, 3.05) is 13.2 Å². The van der Waals surface area contributed by atoms with E-state index in [0.29, 0.717) is 0 Å². The summed E-state index contributed by atoms with van der Waals surface area (Å²) in [5.74, 6) is -4.32. The molecule has 0 N–H and O–H groups in total. The van der Waals surface area contributed by atoms with Crippen molar-refractivity contribution in [2.45, 2.75) is 26.7 Å². The Morgan fingerprint density at radius 2 is 1.00 bits per heavy atom. The summed E-state index contributed by atoms with van der Waals surface area (Å²) in [5, 5.41) is 19.3. The molecular weight excluding hydrogens is 262 g/mol. The third-order valence-corrected chi connectivity index (χ3v) is 1.19. The van der Waals surface area contributed by atoms with Crippen LogP contribution in [0.15, 0.2) is 0 Å². The fourth-order valence-electron chi connectivity index (χ4n) is 0.660. The van der Waals surface area contributed by atoms with Crippen LogP contribution in [0.25, 0.3) is 0 Å². The predicted octanol–water partition coefficient (Wildman–Crippen LogP) is -8.61. The minimum atomic E-state index is -1.41. The Labute approximate surface area is 140 Å². The van der Waals surface area contributed by atoms with Gasteiger partial charge in [-0.1, -0.05) is 0 Å². The number of aliphatic carboxylic acids is 2. The van der Waals surface area contributed by atoms with Gasteiger partial charge in [0.1, 0.15) is 0 Å². The Kier molecular flexibility index (Phi) is 24.8. The summed E-state index contributed by atoms with van der Waals surface area (Å²) in [5.41, 5.74) is 0. The Morgan fingerprint density at radius 3 is 1.15 bits per heavy atom. The van der Waals surface area contributed by atoms with Crippen LogP contribution in [0.2, 0.25) is 0 Å². The van der Waals surface area contributed by atoms with E-state index in [4.69, 9.17) is 0 Å². The second-order valence-electron chi connectivity index (χ2n) is 2.71. The summed E-state index contributed by atoms with van der Waals surface area (Å²) >= 11 is 0. The van der Waals surface area contributed by atoms with Gasteiger partial charge in [0.2, 0.25) is 0 Å². The molecule has 0 saturated heterocycles. The first-order chi connectivity index (χ1) is 8.33. The zero-order valence-electron chi connectivity index (χ0n) is 12.1. The van der Waals surface area contributed by atoms with Crippen molar-refractivity contribution in [3.8, 4) is 0 Å². The van der Waals surface area contributed by atoms with Crippen LogP contribution in [0.4, 0.5) is 0 Å². The van der Waals surface area contributed by atoms with E-state index in [9.17, 15) is 29.4 Å². The van der Waals surface area contributed by atoms with Gasteiger partial charge in [-0.15, -0.1) is 0 Å². The fourth-order valence-corrected chi connectivity index (χ4v) is 0.660. The number of hydrogen-bond donors (Lipinski definition) is 0. The van der Waals surface area contributed by atoms with Gasteiger partial charge in [0.25, 0.3) is 0 Å². The second-order valence-corrected chi connectivity index (χ2v) is 2.71. The normalized spacial score (nSPS) is 7.70. The van der Waals surface area contributed by atoms with E-state index in [1.165, 1.54) is 0 Å². The van der Waals surface area contributed by atoms with Crippen molar-refractivity contribution in [3.05, 3.63) is 0 Å². The van der Waals surface area contributed by atoms with Gasteiger partial charge in [-0.2, -0.15) is 0 Å². The summed E-state index contributed by atoms with van der Waals surface area (Å²) in [6.45, 7) is 3.61. The zero-order chi connectivity index (χ0) is 14.6. The Balaban J connectivity index is -0.000000116. The molecule has 0 aliphatic carbocycles. The molecule has 0 fully saturated rings. The quantitative estimate of drug-likeness (QED) is 0.265. The van der Waals surface area contributed by atoms with E-state index in [0.717, 1.165) is 0 Å². The first-order valence-electron chi connectivity index (χ1n) is 5.04. The first kappa shape index (κ1) is 27.4. The van der Waals surface area contributed by atoms with Crippen LogP contribution in [0.5, 0.6) is 0 Å². The van der Waals surface area contributed by atoms with Crippen LogP contribution in [-0.2, 0) is 28.7 Å². The minimum Gasteiger partial charge on any atom is -0.550 e. The van der Waals surface area contributed by atoms with E-state index in [1.807, 2.05) is 0 Å². The van der Waals surface area contributed by atoms with E-state index < -0.39 is 36.7 Å². The summed E-state index contributed by atoms with van der Waals surface area (Å²) in [6, 6.07) is 0. The number of carboxylic acids is 2. The number of carbonyl (C=O) groups is 4. The molecule has 20 heavy (non-hydrogen) atoms. The summed E-state index contributed by atoms with van der Waals surface area (Å²) in [6.07, 6.45) is -1.32. The van der Waals surface area contributed by atoms with Crippen molar-refractivity contribution < 1.29 is 76.6 Å². The summed E-state index contributed by atoms with van der Waals surface area (Å²) < 4.78 is 8.59. The molecule has 0 aliphatic heterocycles. The third-order valence-electron chi connectivity index (χ3n) is 1.19. The average molecular weight is 276 g/mol. The third kappa shape index (κ3) is 25.8. The molecule has 0 aromatic rings. The van der Waals surface area contributed by atoms with Crippen molar-refractivity contribution in [1.82, 2.24) is 0 Å². The maximum atomic E-state index is 10.2. The molecule has 0 amide bonds. The van der Waals surface area contributed by atoms with Gasteiger partial charge in [0, 0.05) is 0 Å². The van der Waals surface area contributed by atoms with E-state index in [2.05, 4.69) is 9.47 Å². The van der Waals surface area contributed by atoms with Gasteiger partial charge in [-0.25, -0.2) is 0 Å². The average Bonchev–Trinajstić information content (AvgIpc) is 2.16. The molecule has 0 aliphatic rings. The van der Waals surface area contributed by atoms with Gasteiger partial charge < -0.3 is 29.3 Å². The number of carbonyl (C=O) groups excluding carboxylic acids is 4. The molecule has 8 nitrogen and oxygen atoms in total. The van der Waals surface area contributed by atoms with Crippen molar-refractivity contribution in [1.29, 1.82) is 0 Å². The standard InChI is InChI=1S/2C5H8O4.2Li/c2*1-2-9-5(8)3-4(6)7;;/h2*2-3H2,1H3,(H,6,7);;/q;;2*+1/p-2. The summed E-state index contributed by atoms with van der Waals surface area (Å²) in [4.78, 5) is 39.8. The van der Waals surface area contributed by atoms with Crippen LogP contribution in [-0.4, -0.2) is 37.1 Å². The maximum absolute atomic E-state index is 10.2. The van der Waals surface area contributed by atoms with Crippen molar-refractivity contribution >= 4 is 23.9 Å². The monoisotopic (exact) mass is 276 g/mol. The van der Waals surface area contributed by atoms with Crippen LogP contribution >= 0.6 is 0 Å². The molecule has 0 spiro atoms. The van der Waals surface area contributed by atoms with Crippen molar-refractivity contribution in [3.63, 3.8) is 0 Å². The van der Waals surface area contributed by atoms with Crippen LogP contribution in [0, 0.1) is 0 Å². The molecule has 0 radical (unpaired) electrons. The van der Waals surface area contributed by atoms with E-state index >= 15 is 0 Å². The SMILES string of the molecule is CCOC(=O)CC(=O)[O-].CCOC(=O)CC(=O)[O-].[Li+].[Li+].